The first-order valence-electron chi connectivity index (χ1n) is 5.93. The van der Waals surface area contributed by atoms with Gasteiger partial charge in [0, 0.05) is 17.7 Å². The van der Waals surface area contributed by atoms with Crippen LogP contribution >= 0.6 is 0 Å². The minimum Gasteiger partial charge on any atom is -0.476 e. The molecule has 0 aliphatic carbocycles. The number of nitrogens with two attached hydrogens (primary N) is 1. The van der Waals surface area contributed by atoms with E-state index in [0.717, 1.165) is 12.8 Å². The molecule has 0 spiro atoms. The molecule has 1 aromatic rings. The number of nitrogens with zero attached hydrogens (tertiary/aromatic N) is 3. The monoisotopic (exact) mass is 264 g/mol. The van der Waals surface area contributed by atoms with E-state index in [9.17, 15) is 10.1 Å². The lowest BCUT2D eigenvalue weighted by Crippen LogP contribution is -2.44. The maximum absolute atomic E-state index is 10.7. The molecule has 0 amide bonds. The molecule has 7 nitrogen and oxygen atoms in total. The number of nitro groups is 1. The van der Waals surface area contributed by atoms with Crippen LogP contribution in [-0.2, 0) is 0 Å². The first-order valence-corrected chi connectivity index (χ1v) is 5.93. The molecule has 0 aliphatic rings. The number of hydrogen-bond acceptors (Lipinski definition) is 6. The highest BCUT2D eigenvalue weighted by Crippen LogP contribution is 2.20. The Hall–Kier alpha value is -2.20. The zero-order valence-corrected chi connectivity index (χ0v) is 10.9. The topological polar surface area (TPSA) is 115 Å². The van der Waals surface area contributed by atoms with Crippen molar-refractivity contribution in [3.63, 3.8) is 0 Å². The van der Waals surface area contributed by atoms with Gasteiger partial charge >= 0.3 is 5.69 Å². The fourth-order valence-electron chi connectivity index (χ4n) is 1.42. The van der Waals surface area contributed by atoms with Crippen molar-refractivity contribution >= 4 is 5.69 Å². The van der Waals surface area contributed by atoms with Gasteiger partial charge in [0.1, 0.15) is 12.7 Å². The summed E-state index contributed by atoms with van der Waals surface area (Å²) in [6, 6.07) is 4.25. The van der Waals surface area contributed by atoms with E-state index in [1.54, 1.807) is 6.07 Å². The number of hydrogen-bond donors (Lipinski definition) is 1. The van der Waals surface area contributed by atoms with Crippen LogP contribution in [-0.4, -0.2) is 22.1 Å². The molecule has 1 aromatic heterocycles. The molecule has 0 fully saturated rings. The number of nitriles is 1. The molecule has 0 bridgehead atoms. The van der Waals surface area contributed by atoms with Gasteiger partial charge in [0.15, 0.2) is 0 Å². The number of pyridine rings is 1. The van der Waals surface area contributed by atoms with Crippen molar-refractivity contribution in [3.05, 3.63) is 27.9 Å². The Morgan fingerprint density at radius 1 is 1.53 bits per heavy atom. The lowest BCUT2D eigenvalue weighted by atomic mass is 9.96. The van der Waals surface area contributed by atoms with Crippen LogP contribution < -0.4 is 10.5 Å². The van der Waals surface area contributed by atoms with Crippen molar-refractivity contribution < 1.29 is 9.66 Å². The van der Waals surface area contributed by atoms with Crippen molar-refractivity contribution in [1.29, 1.82) is 5.26 Å². The van der Waals surface area contributed by atoms with E-state index in [1.807, 2.05) is 13.8 Å². The minimum absolute atomic E-state index is 0.166. The largest absolute Gasteiger partial charge is 0.476 e. The van der Waals surface area contributed by atoms with Gasteiger partial charge in [-0.1, -0.05) is 13.8 Å². The number of aromatic nitrogens is 1. The summed E-state index contributed by atoms with van der Waals surface area (Å²) in [5.41, 5.74) is 5.01. The van der Waals surface area contributed by atoms with Crippen LogP contribution in [0.2, 0.25) is 0 Å². The van der Waals surface area contributed by atoms with Crippen LogP contribution in [0.3, 0.4) is 0 Å². The highest BCUT2D eigenvalue weighted by molar-refractivity contribution is 5.45. The third-order valence-corrected chi connectivity index (χ3v) is 3.07. The van der Waals surface area contributed by atoms with Gasteiger partial charge in [-0.3, -0.25) is 10.1 Å². The summed E-state index contributed by atoms with van der Waals surface area (Å²) in [7, 11) is 0. The Bertz CT molecular complexity index is 506. The van der Waals surface area contributed by atoms with Crippen molar-refractivity contribution in [2.24, 2.45) is 5.73 Å². The molecule has 0 radical (unpaired) electrons. The maximum Gasteiger partial charge on any atom is 0.305 e. The van der Waals surface area contributed by atoms with Crippen molar-refractivity contribution in [2.45, 2.75) is 32.2 Å². The van der Waals surface area contributed by atoms with Crippen LogP contribution in [0.5, 0.6) is 5.88 Å². The first kappa shape index (κ1) is 14.9. The number of rotatable bonds is 6. The van der Waals surface area contributed by atoms with Gasteiger partial charge < -0.3 is 10.5 Å². The van der Waals surface area contributed by atoms with Crippen LogP contribution in [0.4, 0.5) is 5.69 Å². The van der Waals surface area contributed by atoms with Crippen LogP contribution in [0, 0.1) is 21.4 Å². The summed E-state index contributed by atoms with van der Waals surface area (Å²) < 4.78 is 5.42. The summed E-state index contributed by atoms with van der Waals surface area (Å²) in [6.07, 6.45) is 1.48. The van der Waals surface area contributed by atoms with Gasteiger partial charge in [0.25, 0.3) is 0 Å². The average Bonchev–Trinajstić information content (AvgIpc) is 2.44. The normalized spacial score (nSPS) is 10.8. The molecule has 0 atom stereocenters. The van der Waals surface area contributed by atoms with Crippen LogP contribution in [0.1, 0.15) is 32.4 Å². The maximum atomic E-state index is 10.7. The molecule has 0 unspecified atom stereocenters. The molecule has 0 aliphatic heterocycles. The second-order valence-electron chi connectivity index (χ2n) is 4.24. The first-order chi connectivity index (χ1) is 8.95. The SMILES string of the molecule is CCC(N)(CC)COc1ccc([N+](=O)[O-])c(C#N)n1. The Balaban J connectivity index is 2.87. The summed E-state index contributed by atoms with van der Waals surface area (Å²) >= 11 is 0. The van der Waals surface area contributed by atoms with Gasteiger partial charge in [0.05, 0.1) is 4.92 Å². The zero-order valence-electron chi connectivity index (χ0n) is 10.9. The molecule has 2 N–H and O–H groups in total. The van der Waals surface area contributed by atoms with Gasteiger partial charge in [0.2, 0.25) is 11.6 Å². The lowest BCUT2D eigenvalue weighted by molar-refractivity contribution is -0.385. The fourth-order valence-corrected chi connectivity index (χ4v) is 1.42. The Kier molecular flexibility index (Phi) is 4.78. The molecule has 0 aromatic carbocycles. The third kappa shape index (κ3) is 3.63. The molecule has 0 saturated carbocycles. The van der Waals surface area contributed by atoms with E-state index in [0.29, 0.717) is 0 Å². The van der Waals surface area contributed by atoms with E-state index >= 15 is 0 Å². The van der Waals surface area contributed by atoms with E-state index in [1.165, 1.54) is 12.1 Å². The third-order valence-electron chi connectivity index (χ3n) is 3.07. The van der Waals surface area contributed by atoms with Crippen molar-refractivity contribution in [1.82, 2.24) is 4.98 Å². The van der Waals surface area contributed by atoms with Crippen molar-refractivity contribution in [3.8, 4) is 11.9 Å². The Morgan fingerprint density at radius 3 is 2.63 bits per heavy atom. The molecule has 0 saturated heterocycles. The van der Waals surface area contributed by atoms with E-state index in [4.69, 9.17) is 15.7 Å². The Morgan fingerprint density at radius 2 is 2.16 bits per heavy atom. The zero-order chi connectivity index (χ0) is 14.5. The van der Waals surface area contributed by atoms with Crippen LogP contribution in [0.25, 0.3) is 0 Å². The summed E-state index contributed by atoms with van der Waals surface area (Å²) in [4.78, 5) is 13.8. The lowest BCUT2D eigenvalue weighted by Gasteiger charge is -2.26. The predicted octanol–water partition coefficient (Wildman–Crippen LogP) is 1.76. The Labute approximate surface area is 111 Å². The average molecular weight is 264 g/mol. The predicted molar refractivity (Wildman–Crippen MR) is 68.6 cm³/mol. The quantitative estimate of drug-likeness (QED) is 0.618. The smallest absolute Gasteiger partial charge is 0.305 e. The van der Waals surface area contributed by atoms with E-state index < -0.39 is 10.5 Å². The highest BCUT2D eigenvalue weighted by atomic mass is 16.6. The molecule has 1 heterocycles. The molecule has 102 valence electrons. The summed E-state index contributed by atoms with van der Waals surface area (Å²) in [5.74, 6) is 0.166. The van der Waals surface area contributed by atoms with Gasteiger partial charge in [-0.2, -0.15) is 10.2 Å². The standard InChI is InChI=1S/C12H16N4O3/c1-3-12(14,4-2)8-19-11-6-5-10(16(17)18)9(7-13)15-11/h5-6H,3-4,8,14H2,1-2H3. The summed E-state index contributed by atoms with van der Waals surface area (Å²) in [5, 5.41) is 19.5. The number of ether oxygens (including phenoxy) is 1. The second-order valence-corrected chi connectivity index (χ2v) is 4.24. The molecule has 7 heteroatoms. The summed E-state index contributed by atoms with van der Waals surface area (Å²) in [6.45, 7) is 4.16. The van der Waals surface area contributed by atoms with Gasteiger partial charge in [-0.15, -0.1) is 0 Å². The van der Waals surface area contributed by atoms with E-state index in [2.05, 4.69) is 4.98 Å². The highest BCUT2D eigenvalue weighted by Gasteiger charge is 2.22. The second kappa shape index (κ2) is 6.11. The van der Waals surface area contributed by atoms with E-state index in [-0.39, 0.29) is 23.9 Å². The fraction of sp³-hybridized carbons (Fsp3) is 0.500. The van der Waals surface area contributed by atoms with Gasteiger partial charge in [-0.25, -0.2) is 0 Å². The molecular formula is C12H16N4O3. The van der Waals surface area contributed by atoms with Crippen molar-refractivity contribution in [2.75, 3.05) is 6.61 Å². The minimum atomic E-state index is -0.652. The van der Waals surface area contributed by atoms with Gasteiger partial charge in [-0.05, 0) is 12.8 Å². The molecule has 1 rings (SSSR count). The molecular weight excluding hydrogens is 248 g/mol. The van der Waals surface area contributed by atoms with Crippen LogP contribution in [0.15, 0.2) is 12.1 Å². The molecule has 19 heavy (non-hydrogen) atoms.